The molecule has 6 heteroatoms. The van der Waals surface area contributed by atoms with Crippen molar-refractivity contribution in [1.82, 2.24) is 15.5 Å². The third-order valence-corrected chi connectivity index (χ3v) is 4.27. The minimum atomic E-state index is -0.305. The Morgan fingerprint density at radius 3 is 2.50 bits per heavy atom. The second-order valence-corrected chi connectivity index (χ2v) is 5.49. The Kier molecular flexibility index (Phi) is 2.99. The lowest BCUT2D eigenvalue weighted by atomic mass is 9.98. The van der Waals surface area contributed by atoms with Crippen LogP contribution >= 0.6 is 0 Å². The molecule has 100 valence electrons. The molecule has 3 saturated heterocycles. The van der Waals surface area contributed by atoms with Crippen LogP contribution in [0.25, 0.3) is 0 Å². The monoisotopic (exact) mass is 253 g/mol. The number of fused-ring (bicyclic) bond motifs is 2. The molecule has 0 saturated carbocycles. The van der Waals surface area contributed by atoms with Gasteiger partial charge in [0, 0.05) is 18.6 Å². The van der Waals surface area contributed by atoms with Gasteiger partial charge in [-0.3, -0.25) is 14.9 Å². The van der Waals surface area contributed by atoms with Crippen molar-refractivity contribution in [2.24, 2.45) is 0 Å². The molecule has 3 aliphatic rings. The molecule has 3 rings (SSSR count). The molecule has 3 heterocycles. The molecule has 3 atom stereocenters. The summed E-state index contributed by atoms with van der Waals surface area (Å²) in [5.41, 5.74) is 0. The molecule has 0 aromatic heterocycles. The number of aliphatic hydroxyl groups excluding tert-OH is 1. The first kappa shape index (κ1) is 11.9. The third kappa shape index (κ3) is 1.99. The van der Waals surface area contributed by atoms with E-state index in [1.54, 1.807) is 0 Å². The second kappa shape index (κ2) is 4.51. The van der Waals surface area contributed by atoms with Crippen LogP contribution in [0.1, 0.15) is 25.7 Å². The molecule has 2 amide bonds. The van der Waals surface area contributed by atoms with Crippen LogP contribution in [0.2, 0.25) is 0 Å². The molecule has 2 bridgehead atoms. The van der Waals surface area contributed by atoms with E-state index in [0.717, 1.165) is 12.8 Å². The minimum absolute atomic E-state index is 0.0592. The number of piperidine rings is 1. The molecule has 0 aliphatic carbocycles. The Balaban J connectivity index is 1.68. The van der Waals surface area contributed by atoms with Crippen molar-refractivity contribution in [2.45, 2.75) is 49.9 Å². The normalized spacial score (nSPS) is 39.6. The van der Waals surface area contributed by atoms with Gasteiger partial charge in [-0.15, -0.1) is 0 Å². The van der Waals surface area contributed by atoms with Crippen molar-refractivity contribution in [3.05, 3.63) is 0 Å². The van der Waals surface area contributed by atoms with Gasteiger partial charge in [0.05, 0.1) is 12.6 Å². The van der Waals surface area contributed by atoms with Gasteiger partial charge >= 0.3 is 0 Å². The number of rotatable bonds is 1. The molecule has 0 spiro atoms. The van der Waals surface area contributed by atoms with E-state index in [0.29, 0.717) is 19.4 Å². The molecule has 3 aliphatic heterocycles. The van der Waals surface area contributed by atoms with Crippen LogP contribution < -0.4 is 10.6 Å². The van der Waals surface area contributed by atoms with Gasteiger partial charge in [-0.2, -0.15) is 0 Å². The highest BCUT2D eigenvalue weighted by Gasteiger charge is 2.44. The van der Waals surface area contributed by atoms with Crippen molar-refractivity contribution < 1.29 is 14.7 Å². The number of amides is 2. The molecular formula is C12H19N3O3. The number of hydrogen-bond donors (Lipinski definition) is 3. The number of nitrogens with zero attached hydrogens (tertiary/aromatic N) is 1. The van der Waals surface area contributed by atoms with Crippen molar-refractivity contribution in [3.63, 3.8) is 0 Å². The Morgan fingerprint density at radius 2 is 1.94 bits per heavy atom. The average Bonchev–Trinajstić information content (AvgIpc) is 2.62. The van der Waals surface area contributed by atoms with E-state index in [2.05, 4.69) is 10.6 Å². The topological polar surface area (TPSA) is 81.7 Å². The van der Waals surface area contributed by atoms with Crippen LogP contribution in [-0.4, -0.2) is 59.1 Å². The molecule has 3 unspecified atom stereocenters. The maximum Gasteiger partial charge on any atom is 0.242 e. The van der Waals surface area contributed by atoms with E-state index in [1.165, 1.54) is 0 Å². The molecule has 6 nitrogen and oxygen atoms in total. The molecule has 18 heavy (non-hydrogen) atoms. The van der Waals surface area contributed by atoms with Crippen molar-refractivity contribution >= 4 is 11.8 Å². The quantitative estimate of drug-likeness (QED) is 0.536. The molecule has 0 aromatic rings. The number of nitrogens with one attached hydrogen (secondary N) is 2. The number of carbonyl (C=O) groups excluding carboxylic acids is 2. The molecule has 3 N–H and O–H groups in total. The van der Waals surface area contributed by atoms with Crippen LogP contribution in [0.4, 0.5) is 0 Å². The number of aliphatic hydroxyl groups is 1. The van der Waals surface area contributed by atoms with Crippen LogP contribution in [-0.2, 0) is 9.59 Å². The standard InChI is InChI=1S/C12H19N3O3/c16-9-3-7-1-2-8(4-9)15(7)12(18)10-5-14-11(17)6-13-10/h7-10,13,16H,1-6H2,(H,14,17). The highest BCUT2D eigenvalue weighted by Crippen LogP contribution is 2.36. The minimum Gasteiger partial charge on any atom is -0.393 e. The van der Waals surface area contributed by atoms with Crippen LogP contribution in [0.3, 0.4) is 0 Å². The SMILES string of the molecule is O=C1CNC(C(=O)N2C3CCC2CC(O)C3)CN1. The van der Waals surface area contributed by atoms with E-state index in [9.17, 15) is 14.7 Å². The largest absolute Gasteiger partial charge is 0.393 e. The van der Waals surface area contributed by atoms with E-state index < -0.39 is 0 Å². The number of carbonyl (C=O) groups is 2. The van der Waals surface area contributed by atoms with Gasteiger partial charge in [-0.25, -0.2) is 0 Å². The molecule has 3 fully saturated rings. The summed E-state index contributed by atoms with van der Waals surface area (Å²) >= 11 is 0. The zero-order valence-corrected chi connectivity index (χ0v) is 10.3. The Bertz CT molecular complexity index is 350. The molecular weight excluding hydrogens is 234 g/mol. The van der Waals surface area contributed by atoms with Gasteiger partial charge in [-0.1, -0.05) is 0 Å². The van der Waals surface area contributed by atoms with Crippen molar-refractivity contribution in [1.29, 1.82) is 0 Å². The first-order chi connectivity index (χ1) is 8.65. The molecule has 0 radical (unpaired) electrons. The van der Waals surface area contributed by atoms with E-state index in [4.69, 9.17) is 0 Å². The first-order valence-electron chi connectivity index (χ1n) is 6.65. The van der Waals surface area contributed by atoms with Crippen molar-refractivity contribution in [3.8, 4) is 0 Å². The summed E-state index contributed by atoms with van der Waals surface area (Å²) in [5, 5.41) is 15.4. The number of piperazine rings is 1. The highest BCUT2D eigenvalue weighted by atomic mass is 16.3. The lowest BCUT2D eigenvalue weighted by molar-refractivity contribution is -0.140. The van der Waals surface area contributed by atoms with E-state index in [1.807, 2.05) is 4.90 Å². The summed E-state index contributed by atoms with van der Waals surface area (Å²) < 4.78 is 0. The highest BCUT2D eigenvalue weighted by molar-refractivity contribution is 5.87. The fourth-order valence-electron chi connectivity index (χ4n) is 3.43. The second-order valence-electron chi connectivity index (χ2n) is 5.49. The van der Waals surface area contributed by atoms with Gasteiger partial charge in [0.2, 0.25) is 11.8 Å². The summed E-state index contributed by atoms with van der Waals surface area (Å²) in [6, 6.07) is 0.0670. The van der Waals surface area contributed by atoms with Gasteiger partial charge in [0.25, 0.3) is 0 Å². The predicted molar refractivity (Wildman–Crippen MR) is 63.7 cm³/mol. The van der Waals surface area contributed by atoms with Gasteiger partial charge in [0.1, 0.15) is 6.04 Å². The summed E-state index contributed by atoms with van der Waals surface area (Å²) in [7, 11) is 0. The third-order valence-electron chi connectivity index (χ3n) is 4.27. The summed E-state index contributed by atoms with van der Waals surface area (Å²) in [4.78, 5) is 25.5. The summed E-state index contributed by atoms with van der Waals surface area (Å²) in [6.07, 6.45) is 3.12. The van der Waals surface area contributed by atoms with Crippen LogP contribution in [0, 0.1) is 0 Å². The Morgan fingerprint density at radius 1 is 1.28 bits per heavy atom. The van der Waals surface area contributed by atoms with E-state index >= 15 is 0 Å². The Labute approximate surface area is 106 Å². The van der Waals surface area contributed by atoms with Gasteiger partial charge < -0.3 is 15.3 Å². The van der Waals surface area contributed by atoms with Crippen molar-refractivity contribution in [2.75, 3.05) is 13.1 Å². The van der Waals surface area contributed by atoms with E-state index in [-0.39, 0.29) is 42.6 Å². The number of hydrogen-bond acceptors (Lipinski definition) is 4. The summed E-state index contributed by atoms with van der Waals surface area (Å²) in [6.45, 7) is 0.582. The maximum absolute atomic E-state index is 12.5. The van der Waals surface area contributed by atoms with Crippen LogP contribution in [0.15, 0.2) is 0 Å². The zero-order valence-electron chi connectivity index (χ0n) is 10.3. The van der Waals surface area contributed by atoms with Gasteiger partial charge in [-0.05, 0) is 25.7 Å². The maximum atomic E-state index is 12.5. The fraction of sp³-hybridized carbons (Fsp3) is 0.833. The summed E-state index contributed by atoms with van der Waals surface area (Å²) in [5.74, 6) is 0.0190. The lowest BCUT2D eigenvalue weighted by Crippen LogP contribution is -2.61. The predicted octanol–water partition coefficient (Wildman–Crippen LogP) is -1.41. The van der Waals surface area contributed by atoms with Gasteiger partial charge in [0.15, 0.2) is 0 Å². The Hall–Kier alpha value is -1.14. The zero-order chi connectivity index (χ0) is 12.7. The fourth-order valence-corrected chi connectivity index (χ4v) is 3.43. The van der Waals surface area contributed by atoms with Crippen LogP contribution in [0.5, 0.6) is 0 Å². The first-order valence-corrected chi connectivity index (χ1v) is 6.65. The average molecular weight is 253 g/mol. The smallest absolute Gasteiger partial charge is 0.242 e. The lowest BCUT2D eigenvalue weighted by Gasteiger charge is -2.39. The molecule has 0 aromatic carbocycles.